The molecular weight excluding hydrogens is 461 g/mol. The number of aliphatic imine (C=N–C) groups is 1. The molecule has 26 heavy (non-hydrogen) atoms. The van der Waals surface area contributed by atoms with Gasteiger partial charge in [0.2, 0.25) is 0 Å². The SMILES string of the molecule is CCOc1ccc(C(C)NC(=NC)NCC(C)(C)SC)cc1OCC.I. The molecule has 0 amide bonds. The van der Waals surface area contributed by atoms with Crippen LogP contribution in [-0.4, -0.2) is 43.8 Å². The molecule has 0 fully saturated rings. The van der Waals surface area contributed by atoms with E-state index in [9.17, 15) is 0 Å². The average molecular weight is 495 g/mol. The summed E-state index contributed by atoms with van der Waals surface area (Å²) in [4.78, 5) is 4.33. The lowest BCUT2D eigenvalue weighted by Gasteiger charge is -2.25. The number of halogens is 1. The maximum Gasteiger partial charge on any atom is 0.191 e. The predicted octanol–water partition coefficient (Wildman–Crippen LogP) is 4.47. The van der Waals surface area contributed by atoms with Crippen molar-refractivity contribution in [3.63, 3.8) is 0 Å². The van der Waals surface area contributed by atoms with Crippen LogP contribution in [0, 0.1) is 0 Å². The van der Waals surface area contributed by atoms with Crippen molar-refractivity contribution in [1.82, 2.24) is 10.6 Å². The van der Waals surface area contributed by atoms with Gasteiger partial charge in [-0.2, -0.15) is 11.8 Å². The average Bonchev–Trinajstić information content (AvgIpc) is 2.60. The van der Waals surface area contributed by atoms with Crippen LogP contribution < -0.4 is 20.1 Å². The van der Waals surface area contributed by atoms with Gasteiger partial charge < -0.3 is 20.1 Å². The second-order valence-electron chi connectivity index (χ2n) is 6.33. The van der Waals surface area contributed by atoms with Gasteiger partial charge >= 0.3 is 0 Å². The van der Waals surface area contributed by atoms with Crippen LogP contribution in [0.3, 0.4) is 0 Å². The maximum absolute atomic E-state index is 5.72. The highest BCUT2D eigenvalue weighted by Gasteiger charge is 2.17. The fourth-order valence-electron chi connectivity index (χ4n) is 2.19. The van der Waals surface area contributed by atoms with E-state index in [0.717, 1.165) is 29.6 Å². The Kier molecular flexibility index (Phi) is 12.1. The minimum absolute atomic E-state index is 0. The summed E-state index contributed by atoms with van der Waals surface area (Å²) < 4.78 is 11.5. The Balaban J connectivity index is 0.00000625. The molecule has 0 saturated carbocycles. The van der Waals surface area contributed by atoms with E-state index in [1.165, 1.54) is 0 Å². The van der Waals surface area contributed by atoms with Crippen LogP contribution in [0.5, 0.6) is 11.5 Å². The van der Waals surface area contributed by atoms with Gasteiger partial charge in [-0.05, 0) is 58.6 Å². The lowest BCUT2D eigenvalue weighted by Crippen LogP contribution is -2.44. The van der Waals surface area contributed by atoms with E-state index in [1.54, 1.807) is 7.05 Å². The van der Waals surface area contributed by atoms with Crippen molar-refractivity contribution in [2.45, 2.75) is 45.4 Å². The number of nitrogens with zero attached hydrogens (tertiary/aromatic N) is 1. The predicted molar refractivity (Wildman–Crippen MR) is 125 cm³/mol. The molecule has 1 atom stereocenters. The first kappa shape index (κ1) is 25.2. The Labute approximate surface area is 180 Å². The van der Waals surface area contributed by atoms with Crippen LogP contribution in [0.25, 0.3) is 0 Å². The number of nitrogens with one attached hydrogen (secondary N) is 2. The van der Waals surface area contributed by atoms with Gasteiger partial charge in [0.1, 0.15) is 0 Å². The molecule has 0 bridgehead atoms. The smallest absolute Gasteiger partial charge is 0.191 e. The summed E-state index contributed by atoms with van der Waals surface area (Å²) in [6.45, 7) is 12.5. The van der Waals surface area contributed by atoms with Crippen molar-refractivity contribution in [2.24, 2.45) is 4.99 Å². The summed E-state index contributed by atoms with van der Waals surface area (Å²) in [5.41, 5.74) is 1.12. The Bertz CT molecular complexity index is 568. The van der Waals surface area contributed by atoms with Crippen molar-refractivity contribution >= 4 is 41.7 Å². The second-order valence-corrected chi connectivity index (χ2v) is 7.84. The monoisotopic (exact) mass is 495 g/mol. The molecule has 1 aromatic rings. The minimum Gasteiger partial charge on any atom is -0.490 e. The Morgan fingerprint density at radius 1 is 1.19 bits per heavy atom. The number of benzene rings is 1. The summed E-state index contributed by atoms with van der Waals surface area (Å²) in [5.74, 6) is 2.35. The Morgan fingerprint density at radius 2 is 1.81 bits per heavy atom. The molecule has 2 N–H and O–H groups in total. The fourth-order valence-corrected chi connectivity index (χ4v) is 2.41. The third-order valence-electron chi connectivity index (χ3n) is 3.88. The van der Waals surface area contributed by atoms with Crippen molar-refractivity contribution in [3.05, 3.63) is 23.8 Å². The molecule has 0 aromatic heterocycles. The van der Waals surface area contributed by atoms with Gasteiger partial charge in [-0.1, -0.05) is 6.07 Å². The quantitative estimate of drug-likeness (QED) is 0.301. The normalized spacial score (nSPS) is 12.8. The highest BCUT2D eigenvalue weighted by Crippen LogP contribution is 2.30. The molecule has 0 heterocycles. The number of hydrogen-bond donors (Lipinski definition) is 2. The van der Waals surface area contributed by atoms with E-state index in [0.29, 0.717) is 13.2 Å². The summed E-state index contributed by atoms with van der Waals surface area (Å²) in [6, 6.07) is 6.16. The first-order valence-corrected chi connectivity index (χ1v) is 10.0. The summed E-state index contributed by atoms with van der Waals surface area (Å²) in [5, 5.41) is 6.83. The third kappa shape index (κ3) is 8.24. The zero-order valence-corrected chi connectivity index (χ0v) is 20.2. The highest BCUT2D eigenvalue weighted by atomic mass is 127. The van der Waals surface area contributed by atoms with Crippen LogP contribution in [0.1, 0.15) is 46.2 Å². The molecule has 0 saturated heterocycles. The summed E-state index contributed by atoms with van der Waals surface area (Å²) in [6.07, 6.45) is 2.12. The van der Waals surface area contributed by atoms with Gasteiger partial charge in [0, 0.05) is 18.3 Å². The zero-order valence-electron chi connectivity index (χ0n) is 17.0. The molecule has 1 unspecified atom stereocenters. The Morgan fingerprint density at radius 3 is 2.35 bits per heavy atom. The van der Waals surface area contributed by atoms with Gasteiger partial charge in [-0.25, -0.2) is 0 Å². The van der Waals surface area contributed by atoms with Crippen molar-refractivity contribution in [2.75, 3.05) is 33.1 Å². The van der Waals surface area contributed by atoms with Crippen LogP contribution in [0.4, 0.5) is 0 Å². The molecular formula is C19H34IN3O2S. The number of guanidine groups is 1. The van der Waals surface area contributed by atoms with Gasteiger partial charge in [0.15, 0.2) is 17.5 Å². The highest BCUT2D eigenvalue weighted by molar-refractivity contribution is 14.0. The van der Waals surface area contributed by atoms with Crippen LogP contribution in [0.2, 0.25) is 0 Å². The van der Waals surface area contributed by atoms with Crippen molar-refractivity contribution in [1.29, 1.82) is 0 Å². The summed E-state index contributed by atoms with van der Waals surface area (Å²) in [7, 11) is 1.79. The van der Waals surface area contributed by atoms with Gasteiger partial charge in [-0.3, -0.25) is 4.99 Å². The van der Waals surface area contributed by atoms with Crippen LogP contribution in [-0.2, 0) is 0 Å². The molecule has 1 aromatic carbocycles. The topological polar surface area (TPSA) is 54.9 Å². The standard InChI is InChI=1S/C19H33N3O2S.HI/c1-8-23-16-11-10-15(12-17(16)24-9-2)14(3)22-18(20-6)21-13-19(4,5)25-7;/h10-12,14H,8-9,13H2,1-7H3,(H2,20,21,22);1H. The lowest BCUT2D eigenvalue weighted by atomic mass is 10.1. The van der Waals surface area contributed by atoms with E-state index < -0.39 is 0 Å². The fraction of sp³-hybridized carbons (Fsp3) is 0.632. The molecule has 0 aliphatic rings. The van der Waals surface area contributed by atoms with E-state index >= 15 is 0 Å². The largest absolute Gasteiger partial charge is 0.490 e. The van der Waals surface area contributed by atoms with E-state index in [4.69, 9.17) is 9.47 Å². The van der Waals surface area contributed by atoms with Gasteiger partial charge in [0.05, 0.1) is 19.3 Å². The second kappa shape index (κ2) is 12.5. The maximum atomic E-state index is 5.72. The molecule has 7 heteroatoms. The summed E-state index contributed by atoms with van der Waals surface area (Å²) >= 11 is 1.83. The van der Waals surface area contributed by atoms with E-state index in [-0.39, 0.29) is 34.8 Å². The molecule has 0 spiro atoms. The van der Waals surface area contributed by atoms with Crippen LogP contribution >= 0.6 is 35.7 Å². The van der Waals surface area contributed by atoms with E-state index in [2.05, 4.69) is 48.7 Å². The molecule has 0 aliphatic carbocycles. The third-order valence-corrected chi connectivity index (χ3v) is 5.13. The molecule has 1 rings (SSSR count). The first-order valence-electron chi connectivity index (χ1n) is 8.78. The molecule has 150 valence electrons. The number of ether oxygens (including phenoxy) is 2. The van der Waals surface area contributed by atoms with Crippen molar-refractivity contribution in [3.8, 4) is 11.5 Å². The lowest BCUT2D eigenvalue weighted by molar-refractivity contribution is 0.287. The van der Waals surface area contributed by atoms with E-state index in [1.807, 2.05) is 37.7 Å². The number of hydrogen-bond acceptors (Lipinski definition) is 4. The van der Waals surface area contributed by atoms with Gasteiger partial charge in [-0.15, -0.1) is 24.0 Å². The molecule has 0 aliphatic heterocycles. The molecule has 0 radical (unpaired) electrons. The zero-order chi connectivity index (χ0) is 18.9. The number of rotatable bonds is 9. The first-order chi connectivity index (χ1) is 11.9. The number of thioether (sulfide) groups is 1. The Hall–Kier alpha value is -0.830. The van der Waals surface area contributed by atoms with Crippen LogP contribution in [0.15, 0.2) is 23.2 Å². The van der Waals surface area contributed by atoms with Gasteiger partial charge in [0.25, 0.3) is 0 Å². The minimum atomic E-state index is 0. The molecule has 5 nitrogen and oxygen atoms in total. The van der Waals surface area contributed by atoms with Crippen molar-refractivity contribution < 1.29 is 9.47 Å².